The molecule has 3 rings (SSSR count). The zero-order chi connectivity index (χ0) is 20.5. The van der Waals surface area contributed by atoms with Gasteiger partial charge in [0.25, 0.3) is 5.91 Å². The molecule has 7 heteroatoms. The number of nitrogens with zero attached hydrogens (tertiary/aromatic N) is 1. The fraction of sp³-hybridized carbons (Fsp3) is 0.136. The molecule has 29 heavy (non-hydrogen) atoms. The van der Waals surface area contributed by atoms with Crippen LogP contribution in [0, 0.1) is 5.82 Å². The molecule has 0 fully saturated rings. The van der Waals surface area contributed by atoms with E-state index in [1.54, 1.807) is 24.5 Å². The molecule has 3 aromatic rings. The van der Waals surface area contributed by atoms with E-state index in [1.807, 2.05) is 24.3 Å². The molecule has 0 radical (unpaired) electrons. The Kier molecular flexibility index (Phi) is 7.35. The first-order valence-corrected chi connectivity index (χ1v) is 10.1. The number of amides is 2. The molecular weight excluding hydrogens is 389 g/mol. The van der Waals surface area contributed by atoms with E-state index in [2.05, 4.69) is 15.6 Å². The second-order valence-corrected chi connectivity index (χ2v) is 7.27. The first-order chi connectivity index (χ1) is 14.1. The number of hydrogen-bond donors (Lipinski definition) is 2. The van der Waals surface area contributed by atoms with Gasteiger partial charge in [-0.15, -0.1) is 11.8 Å². The van der Waals surface area contributed by atoms with Gasteiger partial charge in [-0.1, -0.05) is 12.1 Å². The Morgan fingerprint density at radius 3 is 2.28 bits per heavy atom. The largest absolute Gasteiger partial charge is 0.348 e. The maximum atomic E-state index is 12.9. The predicted molar refractivity (Wildman–Crippen MR) is 113 cm³/mol. The summed E-state index contributed by atoms with van der Waals surface area (Å²) in [5.41, 5.74) is 3.16. The van der Waals surface area contributed by atoms with E-state index < -0.39 is 0 Å². The van der Waals surface area contributed by atoms with Gasteiger partial charge in [0.1, 0.15) is 5.82 Å². The maximum Gasteiger partial charge on any atom is 0.251 e. The topological polar surface area (TPSA) is 71.1 Å². The lowest BCUT2D eigenvalue weighted by atomic mass is 10.1. The molecule has 0 bridgehead atoms. The lowest BCUT2D eigenvalue weighted by Crippen LogP contribution is -2.22. The third-order valence-corrected chi connectivity index (χ3v) is 5.05. The highest BCUT2D eigenvalue weighted by molar-refractivity contribution is 7.99. The van der Waals surface area contributed by atoms with Crippen molar-refractivity contribution in [2.75, 3.05) is 11.1 Å². The highest BCUT2D eigenvalue weighted by atomic mass is 32.2. The Labute approximate surface area is 172 Å². The molecule has 5 nitrogen and oxygen atoms in total. The standard InChI is InChI=1S/C22H20FN3O2S/c23-19-5-7-20(8-6-19)26-21(27)15-29-14-17-1-3-18(4-2-17)22(28)25-13-16-9-11-24-12-10-16/h1-12H,13-15H2,(H,25,28)(H,26,27). The molecule has 2 N–H and O–H groups in total. The Morgan fingerprint density at radius 1 is 0.897 bits per heavy atom. The van der Waals surface area contributed by atoms with Crippen molar-refractivity contribution in [1.29, 1.82) is 0 Å². The van der Waals surface area contributed by atoms with Crippen LogP contribution in [0.4, 0.5) is 10.1 Å². The lowest BCUT2D eigenvalue weighted by Gasteiger charge is -2.07. The van der Waals surface area contributed by atoms with Crippen molar-refractivity contribution in [2.45, 2.75) is 12.3 Å². The van der Waals surface area contributed by atoms with Crippen LogP contribution in [0.25, 0.3) is 0 Å². The SMILES string of the molecule is O=C(CSCc1ccc(C(=O)NCc2ccncc2)cc1)Nc1ccc(F)cc1. The highest BCUT2D eigenvalue weighted by Crippen LogP contribution is 2.15. The molecule has 1 aromatic heterocycles. The third-order valence-electron chi connectivity index (χ3n) is 4.05. The van der Waals surface area contributed by atoms with Crippen molar-refractivity contribution in [3.63, 3.8) is 0 Å². The number of hydrogen-bond acceptors (Lipinski definition) is 4. The summed E-state index contributed by atoms with van der Waals surface area (Å²) in [5, 5.41) is 5.59. The summed E-state index contributed by atoms with van der Waals surface area (Å²) < 4.78 is 12.9. The Morgan fingerprint density at radius 2 is 1.59 bits per heavy atom. The minimum Gasteiger partial charge on any atom is -0.348 e. The lowest BCUT2D eigenvalue weighted by molar-refractivity contribution is -0.113. The van der Waals surface area contributed by atoms with E-state index in [1.165, 1.54) is 36.0 Å². The van der Waals surface area contributed by atoms with Crippen LogP contribution in [0.2, 0.25) is 0 Å². The highest BCUT2D eigenvalue weighted by Gasteiger charge is 2.07. The minimum absolute atomic E-state index is 0.139. The first kappa shape index (κ1) is 20.5. The molecule has 0 aliphatic heterocycles. The predicted octanol–water partition coefficient (Wildman–Crippen LogP) is 4.02. The number of anilines is 1. The molecular formula is C22H20FN3O2S. The number of thioether (sulfide) groups is 1. The van der Waals surface area contributed by atoms with E-state index in [0.29, 0.717) is 23.5 Å². The van der Waals surface area contributed by atoms with E-state index in [9.17, 15) is 14.0 Å². The number of aromatic nitrogens is 1. The van der Waals surface area contributed by atoms with Crippen LogP contribution in [0.5, 0.6) is 0 Å². The van der Waals surface area contributed by atoms with E-state index >= 15 is 0 Å². The van der Waals surface area contributed by atoms with Gasteiger partial charge in [-0.25, -0.2) is 4.39 Å². The van der Waals surface area contributed by atoms with Crippen LogP contribution < -0.4 is 10.6 Å². The maximum absolute atomic E-state index is 12.9. The van der Waals surface area contributed by atoms with Gasteiger partial charge >= 0.3 is 0 Å². The number of carbonyl (C=O) groups is 2. The van der Waals surface area contributed by atoms with Crippen LogP contribution in [-0.4, -0.2) is 22.6 Å². The zero-order valence-electron chi connectivity index (χ0n) is 15.6. The summed E-state index contributed by atoms with van der Waals surface area (Å²) >= 11 is 1.47. The van der Waals surface area contributed by atoms with Gasteiger partial charge in [-0.3, -0.25) is 14.6 Å². The first-order valence-electron chi connectivity index (χ1n) is 8.99. The molecule has 0 atom stereocenters. The smallest absolute Gasteiger partial charge is 0.251 e. The number of pyridine rings is 1. The minimum atomic E-state index is -0.341. The molecule has 2 amide bonds. The van der Waals surface area contributed by atoms with Gasteiger partial charge in [-0.05, 0) is 59.7 Å². The van der Waals surface area contributed by atoms with E-state index in [-0.39, 0.29) is 23.4 Å². The van der Waals surface area contributed by atoms with Crippen LogP contribution in [0.15, 0.2) is 73.1 Å². The van der Waals surface area contributed by atoms with Crippen LogP contribution in [0.3, 0.4) is 0 Å². The fourth-order valence-electron chi connectivity index (χ4n) is 2.53. The zero-order valence-corrected chi connectivity index (χ0v) is 16.4. The molecule has 0 aliphatic rings. The summed E-state index contributed by atoms with van der Waals surface area (Å²) in [5.74, 6) is 0.307. The molecule has 2 aromatic carbocycles. The van der Waals surface area contributed by atoms with Crippen LogP contribution in [0.1, 0.15) is 21.5 Å². The molecule has 0 unspecified atom stereocenters. The van der Waals surface area contributed by atoms with Crippen molar-refractivity contribution < 1.29 is 14.0 Å². The third kappa shape index (κ3) is 6.73. The van der Waals surface area contributed by atoms with Gasteiger partial charge in [-0.2, -0.15) is 0 Å². The van der Waals surface area contributed by atoms with E-state index in [0.717, 1.165) is 11.1 Å². The molecule has 0 saturated carbocycles. The number of rotatable bonds is 8. The Balaban J connectivity index is 1.41. The number of nitrogens with one attached hydrogen (secondary N) is 2. The summed E-state index contributed by atoms with van der Waals surface area (Å²) in [4.78, 5) is 28.1. The van der Waals surface area contributed by atoms with Gasteiger partial charge in [0.05, 0.1) is 5.75 Å². The van der Waals surface area contributed by atoms with Crippen molar-refractivity contribution >= 4 is 29.3 Å². The molecule has 0 aliphatic carbocycles. The Bertz CT molecular complexity index is 948. The molecule has 148 valence electrons. The quantitative estimate of drug-likeness (QED) is 0.589. The summed E-state index contributed by atoms with van der Waals surface area (Å²) in [7, 11) is 0. The van der Waals surface area contributed by atoms with Gasteiger partial charge in [0.2, 0.25) is 5.91 Å². The molecule has 0 saturated heterocycles. The second-order valence-electron chi connectivity index (χ2n) is 6.28. The van der Waals surface area contributed by atoms with Gasteiger partial charge < -0.3 is 10.6 Å². The van der Waals surface area contributed by atoms with Crippen molar-refractivity contribution in [3.05, 3.63) is 95.6 Å². The van der Waals surface area contributed by atoms with Gasteiger partial charge in [0.15, 0.2) is 0 Å². The summed E-state index contributed by atoms with van der Waals surface area (Å²) in [6.07, 6.45) is 3.38. The monoisotopic (exact) mass is 409 g/mol. The van der Waals surface area contributed by atoms with Crippen LogP contribution >= 0.6 is 11.8 Å². The number of carbonyl (C=O) groups excluding carboxylic acids is 2. The average molecular weight is 409 g/mol. The van der Waals surface area contributed by atoms with Crippen molar-refractivity contribution in [1.82, 2.24) is 10.3 Å². The normalized spacial score (nSPS) is 10.4. The van der Waals surface area contributed by atoms with Crippen molar-refractivity contribution in [2.24, 2.45) is 0 Å². The summed E-state index contributed by atoms with van der Waals surface area (Å²) in [6.45, 7) is 0.447. The van der Waals surface area contributed by atoms with Crippen molar-refractivity contribution in [3.8, 4) is 0 Å². The van der Waals surface area contributed by atoms with E-state index in [4.69, 9.17) is 0 Å². The Hall–Kier alpha value is -3.19. The second kappa shape index (κ2) is 10.4. The van der Waals surface area contributed by atoms with Gasteiger partial charge in [0, 0.05) is 35.9 Å². The molecule has 1 heterocycles. The summed E-state index contributed by atoms with van der Waals surface area (Å²) in [6, 6.07) is 16.7. The fourth-order valence-corrected chi connectivity index (χ4v) is 3.32. The number of halogens is 1. The average Bonchev–Trinajstić information content (AvgIpc) is 2.75. The molecule has 0 spiro atoms. The van der Waals surface area contributed by atoms with Crippen LogP contribution in [-0.2, 0) is 17.1 Å². The number of benzene rings is 2.